The first kappa shape index (κ1) is 23.6. The van der Waals surface area contributed by atoms with Crippen LogP contribution in [-0.4, -0.2) is 31.5 Å². The molecule has 0 radical (unpaired) electrons. The molecule has 0 aliphatic heterocycles. The molecule has 0 aliphatic rings. The summed E-state index contributed by atoms with van der Waals surface area (Å²) >= 11 is 6.02. The van der Waals surface area contributed by atoms with Gasteiger partial charge in [-0.05, 0) is 18.2 Å². The van der Waals surface area contributed by atoms with Crippen LogP contribution < -0.4 is 14.9 Å². The number of hydrazone groups is 1. The molecule has 0 amide bonds. The monoisotopic (exact) mass is 458 g/mol. The Morgan fingerprint density at radius 2 is 1.67 bits per heavy atom. The largest absolute Gasteiger partial charge is 0.493 e. The normalized spacial score (nSPS) is 12.8. The average Bonchev–Trinajstić information content (AvgIpc) is 2.66. The molecule has 30 heavy (non-hydrogen) atoms. The van der Waals surface area contributed by atoms with Crippen molar-refractivity contribution in [2.45, 2.75) is 24.8 Å². The van der Waals surface area contributed by atoms with E-state index in [0.29, 0.717) is 22.2 Å². The van der Waals surface area contributed by atoms with Gasteiger partial charge in [0.05, 0.1) is 13.3 Å². The van der Waals surface area contributed by atoms with Gasteiger partial charge >= 0.3 is 18.1 Å². The average molecular weight is 459 g/mol. The molecule has 1 N–H and O–H groups in total. The van der Waals surface area contributed by atoms with Gasteiger partial charge < -0.3 is 9.47 Å². The molecule has 2 aromatic rings. The van der Waals surface area contributed by atoms with Crippen LogP contribution >= 0.6 is 11.6 Å². The third-order valence-electron chi connectivity index (χ3n) is 3.72. The van der Waals surface area contributed by atoms with Crippen molar-refractivity contribution >= 4 is 17.8 Å². The van der Waals surface area contributed by atoms with Crippen molar-refractivity contribution in [1.82, 2.24) is 5.43 Å². The van der Waals surface area contributed by atoms with Crippen molar-refractivity contribution < 1.29 is 40.2 Å². The number of ether oxygens (including phenoxy) is 2. The molecule has 0 saturated heterocycles. The molecule has 2 aromatic carbocycles. The fourth-order valence-electron chi connectivity index (χ4n) is 2.15. The number of alkyl halides is 7. The molecule has 0 unspecified atom stereocenters. The maximum absolute atomic E-state index is 13.3. The van der Waals surface area contributed by atoms with Crippen LogP contribution in [-0.2, 0) is 6.61 Å². The highest BCUT2D eigenvalue weighted by atomic mass is 35.5. The van der Waals surface area contributed by atoms with Gasteiger partial charge in [-0.15, -0.1) is 0 Å². The molecule has 0 aromatic heterocycles. The number of nitrogens with zero attached hydrogens (tertiary/aromatic N) is 1. The zero-order valence-electron chi connectivity index (χ0n) is 15.1. The first-order valence-corrected chi connectivity index (χ1v) is 8.44. The summed E-state index contributed by atoms with van der Waals surface area (Å²) in [4.78, 5) is 0. The van der Waals surface area contributed by atoms with E-state index in [4.69, 9.17) is 21.1 Å². The molecular weight excluding hydrogens is 445 g/mol. The number of hydrogen-bond donors (Lipinski definition) is 1. The van der Waals surface area contributed by atoms with E-state index in [0.717, 1.165) is 0 Å². The van der Waals surface area contributed by atoms with Crippen molar-refractivity contribution in [2.75, 3.05) is 7.11 Å². The second kappa shape index (κ2) is 8.99. The SMILES string of the molecule is COc1cccc(/C=N\NC(F)(F)C(F)(F)C(F)(F)F)c1OCc1ccccc1Cl. The highest BCUT2D eigenvalue weighted by Crippen LogP contribution is 2.45. The molecular formula is C18H14ClF7N2O2. The van der Waals surface area contributed by atoms with Crippen LogP contribution in [0, 0.1) is 0 Å². The molecule has 2 rings (SSSR count). The van der Waals surface area contributed by atoms with E-state index in [9.17, 15) is 30.7 Å². The van der Waals surface area contributed by atoms with Crippen LogP contribution in [0.3, 0.4) is 0 Å². The Balaban J connectivity index is 2.24. The molecule has 12 heteroatoms. The predicted molar refractivity (Wildman–Crippen MR) is 95.5 cm³/mol. The summed E-state index contributed by atoms with van der Waals surface area (Å²) in [5.41, 5.74) is 1.09. The Bertz CT molecular complexity index is 904. The quantitative estimate of drug-likeness (QED) is 0.241. The third kappa shape index (κ3) is 5.07. The first-order chi connectivity index (χ1) is 13.9. The van der Waals surface area contributed by atoms with Crippen LogP contribution in [0.4, 0.5) is 30.7 Å². The van der Waals surface area contributed by atoms with Gasteiger partial charge in [-0.1, -0.05) is 35.9 Å². The van der Waals surface area contributed by atoms with E-state index in [1.807, 2.05) is 0 Å². The number of halogens is 8. The Morgan fingerprint density at radius 3 is 2.27 bits per heavy atom. The van der Waals surface area contributed by atoms with E-state index in [2.05, 4.69) is 5.10 Å². The Morgan fingerprint density at radius 1 is 1.00 bits per heavy atom. The van der Waals surface area contributed by atoms with Gasteiger partial charge in [0.2, 0.25) is 0 Å². The number of benzene rings is 2. The number of rotatable bonds is 8. The lowest BCUT2D eigenvalue weighted by atomic mass is 10.2. The van der Waals surface area contributed by atoms with Crippen molar-refractivity contribution in [1.29, 1.82) is 0 Å². The van der Waals surface area contributed by atoms with E-state index >= 15 is 0 Å². The highest BCUT2D eigenvalue weighted by Gasteiger charge is 2.73. The second-order valence-corrected chi connectivity index (χ2v) is 6.18. The molecule has 0 atom stereocenters. The molecule has 0 bridgehead atoms. The standard InChI is InChI=1S/C18H14ClF7N2O2/c1-29-14-8-4-6-11(15(14)30-10-12-5-2-3-7-13(12)19)9-27-28-18(25,26)16(20,21)17(22,23)24/h2-9,28H,10H2,1H3/b27-9-. The van der Waals surface area contributed by atoms with Crippen LogP contribution in [0.1, 0.15) is 11.1 Å². The molecule has 4 nitrogen and oxygen atoms in total. The smallest absolute Gasteiger partial charge is 0.462 e. The fraction of sp³-hybridized carbons (Fsp3) is 0.278. The summed E-state index contributed by atoms with van der Waals surface area (Å²) in [6.07, 6.45) is -5.87. The molecule has 164 valence electrons. The molecule has 0 aliphatic carbocycles. The molecule has 0 fully saturated rings. The van der Waals surface area contributed by atoms with Crippen molar-refractivity contribution in [3.63, 3.8) is 0 Å². The number of methoxy groups -OCH3 is 1. The van der Waals surface area contributed by atoms with Crippen LogP contribution in [0.5, 0.6) is 11.5 Å². The summed E-state index contributed by atoms with van der Waals surface area (Å²) in [6.45, 7) is -0.0728. The van der Waals surface area contributed by atoms with E-state index in [-0.39, 0.29) is 23.7 Å². The highest BCUT2D eigenvalue weighted by molar-refractivity contribution is 6.31. The maximum Gasteiger partial charge on any atom is 0.462 e. The summed E-state index contributed by atoms with van der Waals surface area (Å²) in [5, 5.41) is 3.22. The fourth-order valence-corrected chi connectivity index (χ4v) is 2.34. The van der Waals surface area contributed by atoms with E-state index in [1.54, 1.807) is 24.3 Å². The summed E-state index contributed by atoms with van der Waals surface area (Å²) < 4.78 is 99.6. The Kier molecular flexibility index (Phi) is 7.06. The minimum Gasteiger partial charge on any atom is -0.493 e. The second-order valence-electron chi connectivity index (χ2n) is 5.78. The van der Waals surface area contributed by atoms with E-state index < -0.39 is 18.1 Å². The Hall–Kier alpha value is -2.69. The number of nitrogens with one attached hydrogen (secondary N) is 1. The number of para-hydroxylation sites is 1. The summed E-state index contributed by atoms with van der Waals surface area (Å²) in [5.74, 6) is -6.22. The summed E-state index contributed by atoms with van der Waals surface area (Å²) in [6, 6.07) is 5.14. The lowest BCUT2D eigenvalue weighted by Crippen LogP contribution is -2.58. The minimum absolute atomic E-state index is 0.0173. The zero-order valence-corrected chi connectivity index (χ0v) is 15.9. The van der Waals surface area contributed by atoms with Gasteiger partial charge in [-0.2, -0.15) is 35.8 Å². The first-order valence-electron chi connectivity index (χ1n) is 8.06. The predicted octanol–water partition coefficient (Wildman–Crippen LogP) is 5.64. The molecule has 0 heterocycles. The lowest BCUT2D eigenvalue weighted by molar-refractivity contribution is -0.361. The van der Waals surface area contributed by atoms with Crippen LogP contribution in [0.25, 0.3) is 0 Å². The molecule has 0 saturated carbocycles. The summed E-state index contributed by atoms with van der Waals surface area (Å²) in [7, 11) is 1.29. The molecule has 0 spiro atoms. The van der Waals surface area contributed by atoms with Gasteiger partial charge in [-0.3, -0.25) is 0 Å². The Labute approximate surface area is 171 Å². The van der Waals surface area contributed by atoms with Gasteiger partial charge in [0, 0.05) is 16.1 Å². The third-order valence-corrected chi connectivity index (χ3v) is 4.09. The maximum atomic E-state index is 13.3. The van der Waals surface area contributed by atoms with Gasteiger partial charge in [0.25, 0.3) is 0 Å². The van der Waals surface area contributed by atoms with E-state index in [1.165, 1.54) is 25.3 Å². The van der Waals surface area contributed by atoms with Crippen LogP contribution in [0.15, 0.2) is 47.6 Å². The lowest BCUT2D eigenvalue weighted by Gasteiger charge is -2.27. The number of hydrogen-bond acceptors (Lipinski definition) is 4. The van der Waals surface area contributed by atoms with Crippen LogP contribution in [0.2, 0.25) is 5.02 Å². The van der Waals surface area contributed by atoms with Crippen molar-refractivity contribution in [2.24, 2.45) is 5.10 Å². The minimum atomic E-state index is -6.47. The topological polar surface area (TPSA) is 42.8 Å². The van der Waals surface area contributed by atoms with Gasteiger partial charge in [0.1, 0.15) is 6.61 Å². The van der Waals surface area contributed by atoms with Gasteiger partial charge in [-0.25, -0.2) is 5.43 Å². The van der Waals surface area contributed by atoms with Crippen molar-refractivity contribution in [3.05, 3.63) is 58.6 Å². The van der Waals surface area contributed by atoms with Crippen molar-refractivity contribution in [3.8, 4) is 11.5 Å². The zero-order chi connectivity index (χ0) is 22.6. The van der Waals surface area contributed by atoms with Gasteiger partial charge in [0.15, 0.2) is 11.5 Å².